The molecule has 0 N–H and O–H groups in total. The number of hydrogen-bond donors (Lipinski definition) is 0. The van der Waals surface area contributed by atoms with Gasteiger partial charge in [-0.05, 0) is 0 Å². The summed E-state index contributed by atoms with van der Waals surface area (Å²) in [5, 5.41) is 0. The van der Waals surface area contributed by atoms with Gasteiger partial charge in [-0.3, -0.25) is 14.7 Å². The van der Waals surface area contributed by atoms with Gasteiger partial charge in [-0.1, -0.05) is 0 Å². The summed E-state index contributed by atoms with van der Waals surface area (Å²) in [5.74, 6) is 0. The minimum absolute atomic E-state index is 0.413. The van der Waals surface area contributed by atoms with Crippen LogP contribution in [0.25, 0.3) is 0 Å². The van der Waals surface area contributed by atoms with Crippen molar-refractivity contribution in [1.82, 2.24) is 14.7 Å². The Balaban J connectivity index is 1.64. The van der Waals surface area contributed by atoms with Gasteiger partial charge in [0.1, 0.15) is 0 Å². The minimum Gasteiger partial charge on any atom is -0.377 e. The van der Waals surface area contributed by atoms with E-state index < -0.39 is 0 Å². The minimum atomic E-state index is 0.413. The monoisotopic (exact) mass is 255 g/mol. The molecular formula is C12H21N3O3. The Morgan fingerprint density at radius 1 is 0.556 bits per heavy atom. The lowest BCUT2D eigenvalue weighted by Gasteiger charge is -2.60. The van der Waals surface area contributed by atoms with Crippen molar-refractivity contribution in [1.29, 1.82) is 0 Å². The summed E-state index contributed by atoms with van der Waals surface area (Å²) >= 11 is 0. The van der Waals surface area contributed by atoms with Crippen LogP contribution in [0.2, 0.25) is 0 Å². The number of nitrogens with zero attached hydrogens (tertiary/aromatic N) is 3. The Hall–Kier alpha value is -0.240. The van der Waals surface area contributed by atoms with Gasteiger partial charge in [-0.15, -0.1) is 0 Å². The molecular weight excluding hydrogens is 234 g/mol. The van der Waals surface area contributed by atoms with Crippen molar-refractivity contribution >= 4 is 0 Å². The summed E-state index contributed by atoms with van der Waals surface area (Å²) in [5.41, 5.74) is 0. The summed E-state index contributed by atoms with van der Waals surface area (Å²) in [4.78, 5) is 7.68. The van der Waals surface area contributed by atoms with Crippen LogP contribution in [0.1, 0.15) is 0 Å². The second kappa shape index (κ2) is 4.70. The molecule has 0 saturated carbocycles. The lowest BCUT2D eigenvalue weighted by molar-refractivity contribution is -0.263. The van der Waals surface area contributed by atoms with Gasteiger partial charge in [0.15, 0.2) is 0 Å². The van der Waals surface area contributed by atoms with Crippen molar-refractivity contribution in [3.63, 3.8) is 0 Å². The molecule has 0 aromatic carbocycles. The largest absolute Gasteiger partial charge is 0.377 e. The van der Waals surface area contributed by atoms with Crippen LogP contribution in [0.4, 0.5) is 0 Å². The summed E-state index contributed by atoms with van der Waals surface area (Å²) < 4.78 is 17.1. The smallest absolute Gasteiger partial charge is 0.0891 e. The predicted octanol–water partition coefficient (Wildman–Crippen LogP) is -1.03. The zero-order chi connectivity index (χ0) is 11.9. The summed E-state index contributed by atoms with van der Waals surface area (Å²) in [6.07, 6.45) is 1.24. The number of morpholine rings is 3. The Morgan fingerprint density at radius 2 is 0.889 bits per heavy atom. The first-order valence-electron chi connectivity index (χ1n) is 6.95. The first-order chi connectivity index (χ1) is 8.95. The highest BCUT2D eigenvalue weighted by atomic mass is 16.5. The van der Waals surface area contributed by atoms with Gasteiger partial charge in [-0.25, -0.2) is 0 Å². The first kappa shape index (κ1) is 11.6. The molecule has 0 spiro atoms. The molecule has 4 saturated heterocycles. The van der Waals surface area contributed by atoms with Crippen molar-refractivity contribution < 1.29 is 14.2 Å². The van der Waals surface area contributed by atoms with Crippen LogP contribution >= 0.6 is 0 Å². The molecule has 6 nitrogen and oxygen atoms in total. The zero-order valence-electron chi connectivity index (χ0n) is 10.7. The van der Waals surface area contributed by atoms with E-state index in [4.69, 9.17) is 14.2 Å². The topological polar surface area (TPSA) is 37.4 Å². The SMILES string of the molecule is C1CN2C(CO1)N1CCOCC1N1CCOCC21. The number of hydrogen-bond acceptors (Lipinski definition) is 6. The molecule has 0 atom stereocenters. The van der Waals surface area contributed by atoms with Crippen molar-refractivity contribution in [3.05, 3.63) is 0 Å². The van der Waals surface area contributed by atoms with Gasteiger partial charge in [0.25, 0.3) is 0 Å². The maximum atomic E-state index is 5.68. The molecule has 0 amide bonds. The highest BCUT2D eigenvalue weighted by molar-refractivity contribution is 4.95. The number of fused-ring (bicyclic) bond motifs is 6. The molecule has 4 rings (SSSR count). The molecule has 102 valence electrons. The van der Waals surface area contributed by atoms with E-state index in [0.29, 0.717) is 18.5 Å². The number of ether oxygens (including phenoxy) is 3. The highest BCUT2D eigenvalue weighted by Crippen LogP contribution is 2.31. The van der Waals surface area contributed by atoms with Crippen LogP contribution < -0.4 is 0 Å². The molecule has 0 radical (unpaired) electrons. The molecule has 6 heteroatoms. The van der Waals surface area contributed by atoms with Gasteiger partial charge >= 0.3 is 0 Å². The average molecular weight is 255 g/mol. The molecule has 0 bridgehead atoms. The van der Waals surface area contributed by atoms with Crippen molar-refractivity contribution in [2.24, 2.45) is 0 Å². The molecule has 18 heavy (non-hydrogen) atoms. The van der Waals surface area contributed by atoms with Gasteiger partial charge < -0.3 is 14.2 Å². The zero-order valence-corrected chi connectivity index (χ0v) is 10.7. The summed E-state index contributed by atoms with van der Waals surface area (Å²) in [6.45, 7) is 8.03. The van der Waals surface area contributed by atoms with Gasteiger partial charge in [0.2, 0.25) is 0 Å². The van der Waals surface area contributed by atoms with E-state index in [9.17, 15) is 0 Å². The molecule has 0 aromatic heterocycles. The second-order valence-corrected chi connectivity index (χ2v) is 5.38. The van der Waals surface area contributed by atoms with Crippen LogP contribution in [-0.2, 0) is 14.2 Å². The summed E-state index contributed by atoms with van der Waals surface area (Å²) in [7, 11) is 0. The quantitative estimate of drug-likeness (QED) is 0.551. The Morgan fingerprint density at radius 3 is 1.22 bits per heavy atom. The van der Waals surface area contributed by atoms with Crippen molar-refractivity contribution in [2.75, 3.05) is 59.3 Å². The molecule has 4 fully saturated rings. The molecule has 0 aliphatic carbocycles. The van der Waals surface area contributed by atoms with E-state index in [0.717, 1.165) is 59.3 Å². The highest BCUT2D eigenvalue weighted by Gasteiger charge is 2.48. The molecule has 0 aromatic rings. The van der Waals surface area contributed by atoms with E-state index in [1.807, 2.05) is 0 Å². The fourth-order valence-corrected chi connectivity index (χ4v) is 3.71. The molecule has 4 heterocycles. The van der Waals surface area contributed by atoms with E-state index in [2.05, 4.69) is 14.7 Å². The third-order valence-corrected chi connectivity index (χ3v) is 4.58. The Bertz CT molecular complexity index is 227. The van der Waals surface area contributed by atoms with Crippen molar-refractivity contribution in [3.8, 4) is 0 Å². The first-order valence-corrected chi connectivity index (χ1v) is 6.95. The second-order valence-electron chi connectivity index (χ2n) is 5.38. The third kappa shape index (κ3) is 1.71. The van der Waals surface area contributed by atoms with Crippen LogP contribution in [0.15, 0.2) is 0 Å². The summed E-state index contributed by atoms with van der Waals surface area (Å²) in [6, 6.07) is 0. The van der Waals surface area contributed by atoms with E-state index in [1.165, 1.54) is 0 Å². The Labute approximate surface area is 107 Å². The van der Waals surface area contributed by atoms with Crippen LogP contribution in [0.5, 0.6) is 0 Å². The molecule has 4 aliphatic heterocycles. The van der Waals surface area contributed by atoms with Gasteiger partial charge in [-0.2, -0.15) is 0 Å². The van der Waals surface area contributed by atoms with Crippen LogP contribution in [0.3, 0.4) is 0 Å². The number of rotatable bonds is 0. The maximum absolute atomic E-state index is 5.68. The van der Waals surface area contributed by atoms with Crippen LogP contribution in [0, 0.1) is 0 Å². The average Bonchev–Trinajstić information content (AvgIpc) is 2.48. The van der Waals surface area contributed by atoms with E-state index in [1.54, 1.807) is 0 Å². The molecule has 0 unspecified atom stereocenters. The van der Waals surface area contributed by atoms with Crippen molar-refractivity contribution in [2.45, 2.75) is 18.5 Å². The van der Waals surface area contributed by atoms with Gasteiger partial charge in [0, 0.05) is 19.6 Å². The fraction of sp³-hybridized carbons (Fsp3) is 1.00. The van der Waals surface area contributed by atoms with Gasteiger partial charge in [0.05, 0.1) is 58.1 Å². The lowest BCUT2D eigenvalue weighted by Crippen LogP contribution is -2.77. The fourth-order valence-electron chi connectivity index (χ4n) is 3.71. The predicted molar refractivity (Wildman–Crippen MR) is 63.9 cm³/mol. The normalized spacial score (nSPS) is 43.0. The molecule has 4 aliphatic rings. The third-order valence-electron chi connectivity index (χ3n) is 4.58. The maximum Gasteiger partial charge on any atom is 0.0891 e. The Kier molecular flexibility index (Phi) is 3.02. The van der Waals surface area contributed by atoms with Crippen LogP contribution in [-0.4, -0.2) is 92.5 Å². The lowest BCUT2D eigenvalue weighted by atomic mass is 10.1. The standard InChI is InChI=1S/C12H21N3O3/c1-4-16-7-10-13(1)11-8-17-5-2-15(11)12-9-18-6-3-14(10)12/h10-12H,1-9H2. The van der Waals surface area contributed by atoms with E-state index >= 15 is 0 Å². The van der Waals surface area contributed by atoms with E-state index in [-0.39, 0.29) is 0 Å².